The molecule has 0 aliphatic carbocycles. The van der Waals surface area contributed by atoms with Crippen LogP contribution < -0.4 is 16.6 Å². The molecule has 18 heavy (non-hydrogen) atoms. The van der Waals surface area contributed by atoms with Gasteiger partial charge in [0.15, 0.2) is 11.6 Å². The molecule has 2 rings (SSSR count). The Morgan fingerprint density at radius 1 is 1.50 bits per heavy atom. The molecule has 2 aromatic heterocycles. The Hall–Kier alpha value is -2.29. The molecular formula is C9H13FN8. The van der Waals surface area contributed by atoms with Crippen molar-refractivity contribution in [2.24, 2.45) is 12.9 Å². The molecule has 0 unspecified atom stereocenters. The Bertz CT molecular complexity index is 525. The van der Waals surface area contributed by atoms with E-state index in [0.717, 1.165) is 12.0 Å². The first kappa shape index (κ1) is 12.2. The highest BCUT2D eigenvalue weighted by Crippen LogP contribution is 2.10. The van der Waals surface area contributed by atoms with Crippen molar-refractivity contribution in [3.8, 4) is 0 Å². The van der Waals surface area contributed by atoms with Crippen LogP contribution in [0.4, 0.5) is 16.2 Å². The standard InChI is InChI=1S/C9H13FN8/c1-18-5-14-17-7(18)2-3-12-8-6(10)4-13-9(15-8)16-11/h4-5H,2-3,11H2,1H3,(H2,12,13,15,16). The maximum Gasteiger partial charge on any atom is 0.239 e. The van der Waals surface area contributed by atoms with E-state index < -0.39 is 5.82 Å². The molecule has 0 bridgehead atoms. The van der Waals surface area contributed by atoms with Gasteiger partial charge in [-0.2, -0.15) is 4.98 Å². The third-order valence-corrected chi connectivity index (χ3v) is 2.32. The molecule has 0 spiro atoms. The Kier molecular flexibility index (Phi) is 3.63. The number of nitrogen functional groups attached to an aromatic ring is 1. The molecule has 0 aliphatic heterocycles. The van der Waals surface area contributed by atoms with Crippen molar-refractivity contribution >= 4 is 11.8 Å². The van der Waals surface area contributed by atoms with E-state index in [1.807, 2.05) is 7.05 Å². The van der Waals surface area contributed by atoms with Gasteiger partial charge in [0.25, 0.3) is 0 Å². The second-order valence-corrected chi connectivity index (χ2v) is 3.57. The number of aromatic nitrogens is 5. The molecule has 2 heterocycles. The molecule has 0 saturated carbocycles. The second kappa shape index (κ2) is 5.36. The van der Waals surface area contributed by atoms with Gasteiger partial charge in [0.2, 0.25) is 5.95 Å². The van der Waals surface area contributed by atoms with Crippen LogP contribution in [-0.4, -0.2) is 31.3 Å². The number of hydrogen-bond acceptors (Lipinski definition) is 7. The van der Waals surface area contributed by atoms with E-state index in [0.29, 0.717) is 13.0 Å². The Labute approximate surface area is 102 Å². The zero-order valence-corrected chi connectivity index (χ0v) is 9.76. The van der Waals surface area contributed by atoms with Crippen LogP contribution in [0.2, 0.25) is 0 Å². The predicted molar refractivity (Wildman–Crippen MR) is 63.0 cm³/mol. The number of aryl methyl sites for hydroxylation is 1. The average molecular weight is 252 g/mol. The predicted octanol–water partition coefficient (Wildman–Crippen LogP) is -0.316. The van der Waals surface area contributed by atoms with Crippen molar-refractivity contribution in [3.05, 3.63) is 24.2 Å². The highest BCUT2D eigenvalue weighted by Gasteiger charge is 2.06. The summed E-state index contributed by atoms with van der Waals surface area (Å²) in [6.07, 6.45) is 3.26. The van der Waals surface area contributed by atoms with Crippen LogP contribution in [-0.2, 0) is 13.5 Å². The molecular weight excluding hydrogens is 239 g/mol. The van der Waals surface area contributed by atoms with Crippen LogP contribution in [0.15, 0.2) is 12.5 Å². The normalized spacial score (nSPS) is 10.4. The molecule has 0 aromatic carbocycles. The Morgan fingerprint density at radius 2 is 2.33 bits per heavy atom. The molecule has 4 N–H and O–H groups in total. The first-order valence-corrected chi connectivity index (χ1v) is 5.26. The summed E-state index contributed by atoms with van der Waals surface area (Å²) in [5.74, 6) is 5.66. The van der Waals surface area contributed by atoms with Gasteiger partial charge in [-0.25, -0.2) is 15.2 Å². The van der Waals surface area contributed by atoms with Crippen molar-refractivity contribution in [3.63, 3.8) is 0 Å². The smallest absolute Gasteiger partial charge is 0.239 e. The SMILES string of the molecule is Cn1cnnc1CCNc1nc(NN)ncc1F. The van der Waals surface area contributed by atoms with Gasteiger partial charge in [0, 0.05) is 20.0 Å². The molecule has 0 saturated heterocycles. The topological polar surface area (TPSA) is 107 Å². The highest BCUT2D eigenvalue weighted by molar-refractivity contribution is 5.40. The second-order valence-electron chi connectivity index (χ2n) is 3.57. The first-order valence-electron chi connectivity index (χ1n) is 5.26. The fourth-order valence-electron chi connectivity index (χ4n) is 1.39. The Morgan fingerprint density at radius 3 is 3.00 bits per heavy atom. The summed E-state index contributed by atoms with van der Waals surface area (Å²) in [5.41, 5.74) is 2.25. The van der Waals surface area contributed by atoms with Gasteiger partial charge in [-0.1, -0.05) is 0 Å². The number of halogens is 1. The summed E-state index contributed by atoms with van der Waals surface area (Å²) >= 11 is 0. The van der Waals surface area contributed by atoms with E-state index in [1.165, 1.54) is 0 Å². The summed E-state index contributed by atoms with van der Waals surface area (Å²) in [4.78, 5) is 7.50. The highest BCUT2D eigenvalue weighted by atomic mass is 19.1. The van der Waals surface area contributed by atoms with Gasteiger partial charge in [-0.15, -0.1) is 10.2 Å². The molecule has 0 radical (unpaired) electrons. The van der Waals surface area contributed by atoms with Gasteiger partial charge in [0.1, 0.15) is 12.2 Å². The maximum absolute atomic E-state index is 13.4. The molecule has 0 amide bonds. The van der Waals surface area contributed by atoms with Crippen LogP contribution in [0.25, 0.3) is 0 Å². The maximum atomic E-state index is 13.4. The summed E-state index contributed by atoms with van der Waals surface area (Å²) in [6, 6.07) is 0. The summed E-state index contributed by atoms with van der Waals surface area (Å²) in [5, 5.41) is 10.5. The lowest BCUT2D eigenvalue weighted by Crippen LogP contribution is -2.14. The summed E-state index contributed by atoms with van der Waals surface area (Å²) in [6.45, 7) is 0.477. The lowest BCUT2D eigenvalue weighted by Gasteiger charge is -2.07. The van der Waals surface area contributed by atoms with Crippen LogP contribution in [0.1, 0.15) is 5.82 Å². The fraction of sp³-hybridized carbons (Fsp3) is 0.333. The molecule has 96 valence electrons. The lowest BCUT2D eigenvalue weighted by molar-refractivity contribution is 0.616. The van der Waals surface area contributed by atoms with Crippen molar-refractivity contribution in [2.75, 3.05) is 17.3 Å². The quantitative estimate of drug-likeness (QED) is 0.494. The number of nitrogens with two attached hydrogens (primary N) is 1. The third-order valence-electron chi connectivity index (χ3n) is 2.32. The van der Waals surface area contributed by atoms with Crippen molar-refractivity contribution in [1.29, 1.82) is 0 Å². The zero-order chi connectivity index (χ0) is 13.0. The number of nitrogens with zero attached hydrogens (tertiary/aromatic N) is 5. The number of rotatable bonds is 5. The fourth-order valence-corrected chi connectivity index (χ4v) is 1.39. The van der Waals surface area contributed by atoms with Crippen molar-refractivity contribution in [1.82, 2.24) is 24.7 Å². The minimum atomic E-state index is -0.535. The number of hydrazine groups is 1. The minimum absolute atomic E-state index is 0.0973. The molecule has 9 heteroatoms. The van der Waals surface area contributed by atoms with Gasteiger partial charge < -0.3 is 9.88 Å². The van der Waals surface area contributed by atoms with E-state index in [2.05, 4.69) is 30.9 Å². The van der Waals surface area contributed by atoms with Crippen LogP contribution in [0.3, 0.4) is 0 Å². The third kappa shape index (κ3) is 2.69. The van der Waals surface area contributed by atoms with Crippen LogP contribution in [0, 0.1) is 5.82 Å². The van der Waals surface area contributed by atoms with Crippen molar-refractivity contribution < 1.29 is 4.39 Å². The van der Waals surface area contributed by atoms with Gasteiger partial charge in [0.05, 0.1) is 6.20 Å². The zero-order valence-electron chi connectivity index (χ0n) is 9.76. The summed E-state index contributed by atoms with van der Waals surface area (Å²) < 4.78 is 15.2. The van der Waals surface area contributed by atoms with Gasteiger partial charge >= 0.3 is 0 Å². The molecule has 0 fully saturated rings. The van der Waals surface area contributed by atoms with Gasteiger partial charge in [-0.3, -0.25) is 5.43 Å². The Balaban J connectivity index is 1.96. The minimum Gasteiger partial charge on any atom is -0.367 e. The lowest BCUT2D eigenvalue weighted by atomic mass is 10.4. The van der Waals surface area contributed by atoms with Gasteiger partial charge in [-0.05, 0) is 0 Å². The van der Waals surface area contributed by atoms with E-state index >= 15 is 0 Å². The summed E-state index contributed by atoms with van der Waals surface area (Å²) in [7, 11) is 1.84. The number of anilines is 2. The molecule has 0 aliphatic rings. The molecule has 2 aromatic rings. The largest absolute Gasteiger partial charge is 0.367 e. The number of nitrogens with one attached hydrogen (secondary N) is 2. The van der Waals surface area contributed by atoms with E-state index in [4.69, 9.17) is 5.84 Å². The molecule has 8 nitrogen and oxygen atoms in total. The van der Waals surface area contributed by atoms with E-state index in [9.17, 15) is 4.39 Å². The monoisotopic (exact) mass is 252 g/mol. The van der Waals surface area contributed by atoms with E-state index in [1.54, 1.807) is 10.9 Å². The number of hydrogen-bond donors (Lipinski definition) is 3. The van der Waals surface area contributed by atoms with Crippen LogP contribution >= 0.6 is 0 Å². The first-order chi connectivity index (χ1) is 8.70. The van der Waals surface area contributed by atoms with Crippen LogP contribution in [0.5, 0.6) is 0 Å². The average Bonchev–Trinajstić information content (AvgIpc) is 2.77. The molecule has 0 atom stereocenters. The van der Waals surface area contributed by atoms with Crippen molar-refractivity contribution in [2.45, 2.75) is 6.42 Å². The van der Waals surface area contributed by atoms with E-state index in [-0.39, 0.29) is 11.8 Å².